The molecule has 2 heterocycles. The van der Waals surface area contributed by atoms with Gasteiger partial charge < -0.3 is 10.2 Å². The fourth-order valence-electron chi connectivity index (χ4n) is 2.79. The normalized spacial score (nSPS) is 30.0. The third kappa shape index (κ3) is 3.46. The van der Waals surface area contributed by atoms with Gasteiger partial charge in [-0.15, -0.1) is 0 Å². The highest BCUT2D eigenvalue weighted by molar-refractivity contribution is 7.91. The molecule has 0 aromatic carbocycles. The van der Waals surface area contributed by atoms with E-state index in [-0.39, 0.29) is 29.5 Å². The van der Waals surface area contributed by atoms with Crippen LogP contribution in [0.3, 0.4) is 0 Å². The molecule has 2 fully saturated rings. The van der Waals surface area contributed by atoms with Crippen LogP contribution in [0.1, 0.15) is 13.8 Å². The second kappa shape index (κ2) is 5.76. The number of piperazine rings is 1. The van der Waals surface area contributed by atoms with Gasteiger partial charge in [-0.2, -0.15) is 0 Å². The van der Waals surface area contributed by atoms with Gasteiger partial charge in [0.25, 0.3) is 0 Å². The number of rotatable bonds is 2. The molecule has 2 unspecified atom stereocenters. The zero-order chi connectivity index (χ0) is 14.0. The molecule has 0 bridgehead atoms. The summed E-state index contributed by atoms with van der Waals surface area (Å²) in [6, 6.07) is -0.373. The zero-order valence-electron chi connectivity index (χ0n) is 11.6. The van der Waals surface area contributed by atoms with E-state index >= 15 is 0 Å². The first-order chi connectivity index (χ1) is 8.91. The number of amides is 1. The Labute approximate surface area is 115 Å². The first-order valence-corrected chi connectivity index (χ1v) is 8.68. The van der Waals surface area contributed by atoms with E-state index in [1.807, 2.05) is 13.8 Å². The van der Waals surface area contributed by atoms with Gasteiger partial charge in [-0.05, 0) is 13.8 Å². The van der Waals surface area contributed by atoms with Crippen molar-refractivity contribution in [2.45, 2.75) is 25.9 Å². The molecule has 2 aliphatic rings. The second-order valence-corrected chi connectivity index (χ2v) is 7.69. The van der Waals surface area contributed by atoms with E-state index in [4.69, 9.17) is 0 Å². The number of carbonyl (C=O) groups is 1. The molecule has 110 valence electrons. The van der Waals surface area contributed by atoms with Gasteiger partial charge in [-0.25, -0.2) is 8.42 Å². The average Bonchev–Trinajstić information content (AvgIpc) is 2.37. The minimum absolute atomic E-state index is 0.0595. The molecule has 1 N–H and O–H groups in total. The molecule has 19 heavy (non-hydrogen) atoms. The molecule has 0 aromatic heterocycles. The summed E-state index contributed by atoms with van der Waals surface area (Å²) in [5.74, 6) is 0.244. The van der Waals surface area contributed by atoms with Gasteiger partial charge in [0.1, 0.15) is 0 Å². The van der Waals surface area contributed by atoms with Gasteiger partial charge >= 0.3 is 0 Å². The summed E-state index contributed by atoms with van der Waals surface area (Å²) in [4.78, 5) is 16.4. The van der Waals surface area contributed by atoms with Crippen molar-refractivity contribution in [3.05, 3.63) is 0 Å². The van der Waals surface area contributed by atoms with E-state index in [0.29, 0.717) is 6.54 Å². The number of nitrogens with one attached hydrogen (secondary N) is 1. The summed E-state index contributed by atoms with van der Waals surface area (Å²) in [6.45, 7) is 7.62. The maximum absolute atomic E-state index is 12.5. The monoisotopic (exact) mass is 289 g/mol. The molecular weight excluding hydrogens is 266 g/mol. The van der Waals surface area contributed by atoms with Crippen LogP contribution in [-0.4, -0.2) is 80.4 Å². The highest BCUT2D eigenvalue weighted by atomic mass is 32.2. The Morgan fingerprint density at radius 3 is 2.47 bits per heavy atom. The van der Waals surface area contributed by atoms with Crippen LogP contribution in [0.25, 0.3) is 0 Å². The summed E-state index contributed by atoms with van der Waals surface area (Å²) in [6.07, 6.45) is 0. The third-order valence-corrected chi connectivity index (χ3v) is 5.81. The predicted octanol–water partition coefficient (Wildman–Crippen LogP) is -1.07. The molecule has 0 saturated carbocycles. The molecule has 1 amide bonds. The molecule has 7 heteroatoms. The zero-order valence-corrected chi connectivity index (χ0v) is 12.4. The molecule has 0 aliphatic carbocycles. The van der Waals surface area contributed by atoms with Crippen LogP contribution < -0.4 is 5.32 Å². The molecular formula is C12H23N3O3S. The number of hydrogen-bond donors (Lipinski definition) is 1. The smallest absolute Gasteiger partial charge is 0.239 e. The van der Waals surface area contributed by atoms with Gasteiger partial charge in [0.05, 0.1) is 17.5 Å². The second-order valence-electron chi connectivity index (χ2n) is 5.46. The SMILES string of the molecule is CC(C(=O)N1CCS(=O)(=O)CC1C)N1CCNCC1. The van der Waals surface area contributed by atoms with Crippen molar-refractivity contribution < 1.29 is 13.2 Å². The van der Waals surface area contributed by atoms with E-state index in [0.717, 1.165) is 26.2 Å². The molecule has 0 radical (unpaired) electrons. The van der Waals surface area contributed by atoms with Gasteiger partial charge in [0.15, 0.2) is 9.84 Å². The van der Waals surface area contributed by atoms with E-state index in [1.165, 1.54) is 0 Å². The topological polar surface area (TPSA) is 69.7 Å². The maximum Gasteiger partial charge on any atom is 0.239 e. The first-order valence-electron chi connectivity index (χ1n) is 6.86. The molecule has 0 aromatic rings. The van der Waals surface area contributed by atoms with Crippen molar-refractivity contribution in [2.24, 2.45) is 0 Å². The molecule has 2 saturated heterocycles. The Morgan fingerprint density at radius 1 is 1.26 bits per heavy atom. The van der Waals surface area contributed by atoms with Crippen molar-refractivity contribution in [2.75, 3.05) is 44.2 Å². The summed E-state index contributed by atoms with van der Waals surface area (Å²) >= 11 is 0. The summed E-state index contributed by atoms with van der Waals surface area (Å²) in [7, 11) is -2.97. The fourth-order valence-corrected chi connectivity index (χ4v) is 4.35. The maximum atomic E-state index is 12.5. The minimum atomic E-state index is -2.97. The van der Waals surface area contributed by atoms with Crippen LogP contribution in [-0.2, 0) is 14.6 Å². The molecule has 6 nitrogen and oxygen atoms in total. The Bertz CT molecular complexity index is 432. The van der Waals surface area contributed by atoms with Gasteiger partial charge in [0.2, 0.25) is 5.91 Å². The van der Waals surface area contributed by atoms with Crippen molar-refractivity contribution in [3.63, 3.8) is 0 Å². The molecule has 2 atom stereocenters. The Kier molecular flexibility index (Phi) is 4.47. The van der Waals surface area contributed by atoms with Crippen molar-refractivity contribution >= 4 is 15.7 Å². The van der Waals surface area contributed by atoms with Crippen LogP contribution in [0.2, 0.25) is 0 Å². The lowest BCUT2D eigenvalue weighted by atomic mass is 10.2. The van der Waals surface area contributed by atoms with E-state index < -0.39 is 9.84 Å². The number of sulfone groups is 1. The van der Waals surface area contributed by atoms with Crippen LogP contribution in [0.5, 0.6) is 0 Å². The number of hydrogen-bond acceptors (Lipinski definition) is 5. The highest BCUT2D eigenvalue weighted by Gasteiger charge is 2.35. The van der Waals surface area contributed by atoms with Gasteiger partial charge in [-0.1, -0.05) is 0 Å². The van der Waals surface area contributed by atoms with E-state index in [2.05, 4.69) is 10.2 Å². The lowest BCUT2D eigenvalue weighted by molar-refractivity contribution is -0.138. The average molecular weight is 289 g/mol. The van der Waals surface area contributed by atoms with Crippen LogP contribution in [0.15, 0.2) is 0 Å². The Hall–Kier alpha value is -0.660. The van der Waals surface area contributed by atoms with Crippen molar-refractivity contribution in [1.29, 1.82) is 0 Å². The van der Waals surface area contributed by atoms with Crippen LogP contribution in [0, 0.1) is 0 Å². The number of carbonyl (C=O) groups excluding carboxylic acids is 1. The minimum Gasteiger partial charge on any atom is -0.337 e. The Morgan fingerprint density at radius 2 is 1.89 bits per heavy atom. The van der Waals surface area contributed by atoms with Crippen LogP contribution >= 0.6 is 0 Å². The molecule has 2 rings (SSSR count). The molecule has 0 spiro atoms. The summed E-state index contributed by atoms with van der Waals surface area (Å²) in [5.41, 5.74) is 0. The lowest BCUT2D eigenvalue weighted by Gasteiger charge is -2.39. The largest absolute Gasteiger partial charge is 0.337 e. The lowest BCUT2D eigenvalue weighted by Crippen LogP contribution is -2.58. The third-order valence-electron chi connectivity index (χ3n) is 4.01. The van der Waals surface area contributed by atoms with E-state index in [1.54, 1.807) is 4.90 Å². The predicted molar refractivity (Wildman–Crippen MR) is 73.7 cm³/mol. The van der Waals surface area contributed by atoms with Gasteiger partial charge in [-0.3, -0.25) is 9.69 Å². The van der Waals surface area contributed by atoms with Crippen LogP contribution in [0.4, 0.5) is 0 Å². The standard InChI is InChI=1S/C12H23N3O3S/c1-10-9-19(17,18)8-7-15(10)12(16)11(2)14-5-3-13-4-6-14/h10-11,13H,3-9H2,1-2H3. The van der Waals surface area contributed by atoms with E-state index in [9.17, 15) is 13.2 Å². The summed E-state index contributed by atoms with van der Waals surface area (Å²) < 4.78 is 23.1. The van der Waals surface area contributed by atoms with Gasteiger partial charge in [0, 0.05) is 38.8 Å². The number of nitrogens with zero attached hydrogens (tertiary/aromatic N) is 2. The quantitative estimate of drug-likeness (QED) is 0.701. The summed E-state index contributed by atoms with van der Waals surface area (Å²) in [5, 5.41) is 3.26. The Balaban J connectivity index is 1.99. The highest BCUT2D eigenvalue weighted by Crippen LogP contribution is 2.15. The van der Waals surface area contributed by atoms with Crippen molar-refractivity contribution in [3.8, 4) is 0 Å². The van der Waals surface area contributed by atoms with Crippen molar-refractivity contribution in [1.82, 2.24) is 15.1 Å². The first kappa shape index (κ1) is 14.7. The molecule has 2 aliphatic heterocycles. The fraction of sp³-hybridized carbons (Fsp3) is 0.917.